The van der Waals surface area contributed by atoms with E-state index in [0.29, 0.717) is 43.0 Å². The molecular weight excluding hydrogens is 445 g/mol. The first-order chi connectivity index (χ1) is 17.2. The van der Waals surface area contributed by atoms with Crippen molar-refractivity contribution in [3.63, 3.8) is 0 Å². The second-order valence-electron chi connectivity index (χ2n) is 8.61. The van der Waals surface area contributed by atoms with E-state index >= 15 is 0 Å². The smallest absolute Gasteiger partial charge is 0.180 e. The number of nitrogens with one attached hydrogen (secondary N) is 1. The molecule has 1 saturated heterocycles. The topological polar surface area (TPSA) is 81.0 Å². The summed E-state index contributed by atoms with van der Waals surface area (Å²) >= 11 is 0. The van der Waals surface area contributed by atoms with Crippen molar-refractivity contribution in [3.05, 3.63) is 72.7 Å². The van der Waals surface area contributed by atoms with Crippen LogP contribution in [-0.2, 0) is 6.54 Å². The molecule has 0 amide bonds. The van der Waals surface area contributed by atoms with Gasteiger partial charge in [-0.1, -0.05) is 12.1 Å². The third-order valence-corrected chi connectivity index (χ3v) is 6.30. The van der Waals surface area contributed by atoms with E-state index in [1.165, 1.54) is 0 Å². The van der Waals surface area contributed by atoms with Crippen LogP contribution in [0.4, 0.5) is 21.7 Å². The Hall–Kier alpha value is -4.27. The normalized spacial score (nSPS) is 15.7. The van der Waals surface area contributed by atoms with Gasteiger partial charge in [-0.25, -0.2) is 24.0 Å². The zero-order valence-corrected chi connectivity index (χ0v) is 19.2. The lowest BCUT2D eigenvalue weighted by atomic mass is 10.1. The number of aromatic nitrogens is 5. The van der Waals surface area contributed by atoms with E-state index in [0.717, 1.165) is 33.6 Å². The van der Waals surface area contributed by atoms with Crippen LogP contribution in [0.25, 0.3) is 21.9 Å². The van der Waals surface area contributed by atoms with E-state index in [-0.39, 0.29) is 0 Å². The number of hydrogen-bond donors (Lipinski definition) is 1. The highest BCUT2D eigenvalue weighted by Crippen LogP contribution is 2.31. The van der Waals surface area contributed by atoms with Gasteiger partial charge in [-0.3, -0.25) is 0 Å². The predicted octanol–water partition coefficient (Wildman–Crippen LogP) is 4.72. The van der Waals surface area contributed by atoms with Gasteiger partial charge in [-0.2, -0.15) is 5.10 Å². The van der Waals surface area contributed by atoms with Gasteiger partial charge in [0.05, 0.1) is 20.2 Å². The number of alkyl halides is 1. The number of pyridine rings is 1. The molecule has 1 atom stereocenters. The number of fused-ring (bicyclic) bond motifs is 2. The monoisotopic (exact) mass is 469 g/mol. The molecule has 0 unspecified atom stereocenters. The van der Waals surface area contributed by atoms with Crippen molar-refractivity contribution >= 4 is 39.3 Å². The standard InChI is InChI=1S/C26H24FN7O/c1-35-21-5-2-17(3-6-21)15-34-26-23(28-11-12-30-26)24(32-34)31-20-4-7-22-18(14-20)8-10-29-25(22)33-13-9-19(27)16-33/h2-8,10-12,14,19H,9,13,15-16H2,1H3,(H,31,32)/t19-/m1/s1. The fourth-order valence-corrected chi connectivity index (χ4v) is 4.54. The maximum Gasteiger partial charge on any atom is 0.180 e. The van der Waals surface area contributed by atoms with E-state index in [1.54, 1.807) is 25.7 Å². The van der Waals surface area contributed by atoms with Crippen LogP contribution in [0.15, 0.2) is 67.1 Å². The summed E-state index contributed by atoms with van der Waals surface area (Å²) in [4.78, 5) is 15.6. The quantitative estimate of drug-likeness (QED) is 0.385. The highest BCUT2D eigenvalue weighted by atomic mass is 19.1. The number of benzene rings is 2. The van der Waals surface area contributed by atoms with Gasteiger partial charge in [0.2, 0.25) is 0 Å². The first-order valence-electron chi connectivity index (χ1n) is 11.5. The number of anilines is 3. The fraction of sp³-hybridized carbons (Fsp3) is 0.231. The lowest BCUT2D eigenvalue weighted by molar-refractivity contribution is 0.364. The van der Waals surface area contributed by atoms with Crippen LogP contribution < -0.4 is 15.0 Å². The highest BCUT2D eigenvalue weighted by molar-refractivity contribution is 5.95. The van der Waals surface area contributed by atoms with Gasteiger partial charge < -0.3 is 15.0 Å². The molecule has 2 aromatic carbocycles. The number of ether oxygens (including phenoxy) is 1. The molecule has 1 fully saturated rings. The molecule has 5 aromatic rings. The average molecular weight is 470 g/mol. The minimum Gasteiger partial charge on any atom is -0.497 e. The molecule has 1 N–H and O–H groups in total. The second kappa shape index (κ2) is 8.83. The first-order valence-corrected chi connectivity index (χ1v) is 11.5. The number of rotatable bonds is 6. The van der Waals surface area contributed by atoms with Crippen LogP contribution in [0.3, 0.4) is 0 Å². The Morgan fingerprint density at radius 1 is 1.03 bits per heavy atom. The molecule has 0 spiro atoms. The Balaban J connectivity index is 1.31. The van der Waals surface area contributed by atoms with Crippen molar-refractivity contribution in [2.24, 2.45) is 0 Å². The molecule has 9 heteroatoms. The summed E-state index contributed by atoms with van der Waals surface area (Å²) in [6, 6.07) is 15.9. The lowest BCUT2D eigenvalue weighted by Crippen LogP contribution is -2.21. The summed E-state index contributed by atoms with van der Waals surface area (Å²) in [6.45, 7) is 1.63. The van der Waals surface area contributed by atoms with E-state index in [1.807, 2.05) is 58.1 Å². The lowest BCUT2D eigenvalue weighted by Gasteiger charge is -2.18. The summed E-state index contributed by atoms with van der Waals surface area (Å²) < 4.78 is 20.9. The zero-order valence-electron chi connectivity index (χ0n) is 19.2. The summed E-state index contributed by atoms with van der Waals surface area (Å²) in [5.74, 6) is 2.27. The Bertz CT molecular complexity index is 1500. The molecule has 176 valence electrons. The SMILES string of the molecule is COc1ccc(Cn2nc(Nc3ccc4c(N5CC[C@@H](F)C5)nccc4c3)c3nccnc32)cc1. The van der Waals surface area contributed by atoms with Crippen molar-refractivity contribution in [2.45, 2.75) is 19.1 Å². The molecule has 1 aliphatic rings. The van der Waals surface area contributed by atoms with Crippen LogP contribution in [0.1, 0.15) is 12.0 Å². The van der Waals surface area contributed by atoms with Crippen molar-refractivity contribution < 1.29 is 9.13 Å². The highest BCUT2D eigenvalue weighted by Gasteiger charge is 2.24. The van der Waals surface area contributed by atoms with Gasteiger partial charge in [-0.05, 0) is 53.8 Å². The Morgan fingerprint density at radius 3 is 2.69 bits per heavy atom. The van der Waals surface area contributed by atoms with Gasteiger partial charge in [0.1, 0.15) is 17.7 Å². The second-order valence-corrected chi connectivity index (χ2v) is 8.61. The number of methoxy groups -OCH3 is 1. The van der Waals surface area contributed by atoms with Crippen molar-refractivity contribution in [2.75, 3.05) is 30.4 Å². The van der Waals surface area contributed by atoms with Gasteiger partial charge in [0, 0.05) is 36.2 Å². The first kappa shape index (κ1) is 21.3. The Kier molecular flexibility index (Phi) is 5.36. The number of halogens is 1. The summed E-state index contributed by atoms with van der Waals surface area (Å²) in [5.41, 5.74) is 3.35. The van der Waals surface area contributed by atoms with Crippen LogP contribution >= 0.6 is 0 Å². The van der Waals surface area contributed by atoms with Crippen LogP contribution in [0.2, 0.25) is 0 Å². The van der Waals surface area contributed by atoms with E-state index < -0.39 is 6.17 Å². The van der Waals surface area contributed by atoms with Gasteiger partial charge >= 0.3 is 0 Å². The zero-order chi connectivity index (χ0) is 23.8. The van der Waals surface area contributed by atoms with Crippen LogP contribution in [0, 0.1) is 0 Å². The predicted molar refractivity (Wildman–Crippen MR) is 134 cm³/mol. The summed E-state index contributed by atoms with van der Waals surface area (Å²) in [5, 5.41) is 10.2. The number of nitrogens with zero attached hydrogens (tertiary/aromatic N) is 6. The van der Waals surface area contributed by atoms with E-state index in [9.17, 15) is 4.39 Å². The van der Waals surface area contributed by atoms with Gasteiger partial charge in [0.15, 0.2) is 17.0 Å². The minimum atomic E-state index is -0.796. The maximum atomic E-state index is 13.8. The summed E-state index contributed by atoms with van der Waals surface area (Å²) in [7, 11) is 1.65. The van der Waals surface area contributed by atoms with Crippen LogP contribution in [0.5, 0.6) is 5.75 Å². The molecule has 1 aliphatic heterocycles. The maximum absolute atomic E-state index is 13.8. The van der Waals surface area contributed by atoms with Gasteiger partial charge in [0.25, 0.3) is 0 Å². The van der Waals surface area contributed by atoms with Gasteiger partial charge in [-0.15, -0.1) is 0 Å². The molecule has 0 bridgehead atoms. The summed E-state index contributed by atoms with van der Waals surface area (Å²) in [6.07, 6.45) is 4.86. The molecular formula is C26H24FN7O. The number of hydrogen-bond acceptors (Lipinski definition) is 7. The minimum absolute atomic E-state index is 0.391. The van der Waals surface area contributed by atoms with Crippen LogP contribution in [-0.4, -0.2) is 51.1 Å². The molecule has 0 aliphatic carbocycles. The molecule has 3 aromatic heterocycles. The molecule has 0 saturated carbocycles. The van der Waals surface area contributed by atoms with Crippen molar-refractivity contribution in [1.82, 2.24) is 24.7 Å². The molecule has 8 nitrogen and oxygen atoms in total. The molecule has 6 rings (SSSR count). The van der Waals surface area contributed by atoms with Crippen molar-refractivity contribution in [1.29, 1.82) is 0 Å². The Morgan fingerprint density at radius 2 is 1.89 bits per heavy atom. The molecule has 0 radical (unpaired) electrons. The average Bonchev–Trinajstić information content (AvgIpc) is 3.47. The third kappa shape index (κ3) is 4.09. The third-order valence-electron chi connectivity index (χ3n) is 6.30. The molecule has 35 heavy (non-hydrogen) atoms. The molecule has 4 heterocycles. The fourth-order valence-electron chi connectivity index (χ4n) is 4.54. The van der Waals surface area contributed by atoms with Crippen molar-refractivity contribution in [3.8, 4) is 5.75 Å². The largest absolute Gasteiger partial charge is 0.497 e. The van der Waals surface area contributed by atoms with E-state index in [4.69, 9.17) is 9.84 Å². The van der Waals surface area contributed by atoms with E-state index in [2.05, 4.69) is 20.3 Å². The Labute approximate surface area is 201 Å².